The lowest BCUT2D eigenvalue weighted by Crippen LogP contribution is -2.70. The van der Waals surface area contributed by atoms with E-state index in [0.717, 1.165) is 51.9 Å². The van der Waals surface area contributed by atoms with Gasteiger partial charge in [-0.3, -0.25) is 9.59 Å². The highest BCUT2D eigenvalue weighted by Gasteiger charge is 2.60. The fourth-order valence-corrected chi connectivity index (χ4v) is 10.9. The van der Waals surface area contributed by atoms with Gasteiger partial charge in [-0.2, -0.15) is 0 Å². The van der Waals surface area contributed by atoms with Crippen LogP contribution < -0.4 is 10.6 Å². The number of aliphatic carboxylic acids is 1. The van der Waals surface area contributed by atoms with Gasteiger partial charge in [0.15, 0.2) is 12.6 Å². The Kier molecular flexibility index (Phi) is 36.7. The monoisotopic (exact) mass is 1180 g/mol. The summed E-state index contributed by atoms with van der Waals surface area (Å²) in [5.74, 6) is -6.54. The predicted octanol–water partition coefficient (Wildman–Crippen LogP) is 3.02. The molecule has 3 fully saturated rings. The molecule has 0 aromatic rings. The number of allylic oxidation sites excluding steroid dienone is 1. The Bertz CT molecular complexity index is 1750. The SMILES string of the molecule is CCCCCCCCCCCCC/C=C/C(O)C(CO[C@@H]1O[C@H](CO)[C@@H](O[C@@H]2O[C@H](CO)[C@H](O)[C@H](O[C@]3(C(=O)O)C[C@H](O)[C@@H](NC(C)=O)C([C@H](O)[C@H](O)CO)O3)[C@H]2O)[C@H](O)[C@H]1O)NC(=O)C(C)CCCCCCCCCCCCCCC. The summed E-state index contributed by atoms with van der Waals surface area (Å²) in [5, 5.41) is 136. The molecular formula is C59H108N2O21. The van der Waals surface area contributed by atoms with E-state index in [1.165, 1.54) is 109 Å². The van der Waals surface area contributed by atoms with Gasteiger partial charge in [-0.15, -0.1) is 0 Å². The Labute approximate surface area is 486 Å². The number of carboxylic acid groups (broad SMARTS) is 1. The summed E-state index contributed by atoms with van der Waals surface area (Å²) in [6.45, 7) is 3.90. The average molecular weight is 1180 g/mol. The quantitative estimate of drug-likeness (QED) is 0.0308. The fourth-order valence-electron chi connectivity index (χ4n) is 10.9. The van der Waals surface area contributed by atoms with Crippen molar-refractivity contribution in [3.63, 3.8) is 0 Å². The van der Waals surface area contributed by atoms with Crippen LogP contribution in [0, 0.1) is 5.92 Å². The maximum atomic E-state index is 13.7. The molecule has 0 bridgehead atoms. The van der Waals surface area contributed by atoms with Crippen LogP contribution in [-0.4, -0.2) is 215 Å². The molecule has 3 heterocycles. The van der Waals surface area contributed by atoms with Gasteiger partial charge in [-0.25, -0.2) is 4.79 Å². The van der Waals surface area contributed by atoms with Crippen LogP contribution in [0.1, 0.15) is 201 Å². The first kappa shape index (κ1) is 73.7. The van der Waals surface area contributed by atoms with Gasteiger partial charge in [-0.1, -0.05) is 181 Å². The summed E-state index contributed by atoms with van der Waals surface area (Å²) in [4.78, 5) is 38.7. The molecule has 0 spiro atoms. The Hall–Kier alpha value is -2.53. The number of aliphatic hydroxyl groups is 11. The minimum absolute atomic E-state index is 0.315. The molecule has 4 unspecified atom stereocenters. The summed E-state index contributed by atoms with van der Waals surface area (Å²) < 4.78 is 34.7. The van der Waals surface area contributed by atoms with E-state index in [4.69, 9.17) is 28.4 Å². The van der Waals surface area contributed by atoms with E-state index in [2.05, 4.69) is 24.5 Å². The fraction of sp³-hybridized carbons (Fsp3) is 0.915. The van der Waals surface area contributed by atoms with Crippen molar-refractivity contribution in [3.8, 4) is 0 Å². The Morgan fingerprint density at radius 2 is 1.17 bits per heavy atom. The number of carbonyl (C=O) groups is 3. The maximum absolute atomic E-state index is 13.7. The summed E-state index contributed by atoms with van der Waals surface area (Å²) in [7, 11) is 0. The number of hydrogen-bond acceptors (Lipinski definition) is 20. The first-order valence-corrected chi connectivity index (χ1v) is 31.0. The molecule has 0 radical (unpaired) electrons. The molecule has 23 nitrogen and oxygen atoms in total. The number of unbranched alkanes of at least 4 members (excludes halogenated alkanes) is 23. The zero-order chi connectivity index (χ0) is 60.6. The number of rotatable bonds is 44. The lowest BCUT2D eigenvalue weighted by molar-refractivity contribution is -0.386. The van der Waals surface area contributed by atoms with Crippen LogP contribution in [0.5, 0.6) is 0 Å². The number of carboxylic acids is 1. The van der Waals surface area contributed by atoms with Crippen molar-refractivity contribution < 1.29 is 104 Å². The molecule has 0 aromatic carbocycles. The zero-order valence-corrected chi connectivity index (χ0v) is 49.5. The molecule has 480 valence electrons. The first-order valence-electron chi connectivity index (χ1n) is 31.0. The van der Waals surface area contributed by atoms with Gasteiger partial charge >= 0.3 is 5.97 Å². The number of amides is 2. The average Bonchev–Trinajstić information content (AvgIpc) is 3.55. The molecule has 0 saturated carbocycles. The van der Waals surface area contributed by atoms with E-state index in [1.807, 2.05) is 13.0 Å². The van der Waals surface area contributed by atoms with Gasteiger partial charge < -0.3 is 100 Å². The van der Waals surface area contributed by atoms with Crippen molar-refractivity contribution in [2.75, 3.05) is 26.4 Å². The molecule has 23 heteroatoms. The van der Waals surface area contributed by atoms with Crippen LogP contribution in [0.25, 0.3) is 0 Å². The van der Waals surface area contributed by atoms with Gasteiger partial charge in [0.1, 0.15) is 67.1 Å². The van der Waals surface area contributed by atoms with E-state index in [1.54, 1.807) is 6.08 Å². The Balaban J connectivity index is 1.70. The smallest absolute Gasteiger partial charge is 0.364 e. The normalized spacial score (nSPS) is 30.6. The second-order valence-corrected chi connectivity index (χ2v) is 23.1. The molecule has 3 aliphatic rings. The number of aliphatic hydroxyl groups excluding tert-OH is 11. The highest BCUT2D eigenvalue weighted by atomic mass is 16.8. The largest absolute Gasteiger partial charge is 0.477 e. The topological polar surface area (TPSA) is 373 Å². The maximum Gasteiger partial charge on any atom is 0.364 e. The van der Waals surface area contributed by atoms with Crippen LogP contribution in [0.4, 0.5) is 0 Å². The minimum atomic E-state index is -3.08. The number of hydrogen-bond donors (Lipinski definition) is 14. The highest BCUT2D eigenvalue weighted by molar-refractivity contribution is 5.78. The van der Waals surface area contributed by atoms with Crippen LogP contribution in [0.15, 0.2) is 12.2 Å². The number of carbonyl (C=O) groups excluding carboxylic acids is 2. The van der Waals surface area contributed by atoms with E-state index < -0.39 is 160 Å². The van der Waals surface area contributed by atoms with E-state index in [0.29, 0.717) is 12.8 Å². The zero-order valence-electron chi connectivity index (χ0n) is 49.5. The van der Waals surface area contributed by atoms with Crippen LogP contribution in [0.2, 0.25) is 0 Å². The second-order valence-electron chi connectivity index (χ2n) is 23.1. The van der Waals surface area contributed by atoms with Crippen molar-refractivity contribution in [2.24, 2.45) is 5.92 Å². The third kappa shape index (κ3) is 24.7. The summed E-state index contributed by atoms with van der Waals surface area (Å²) in [6, 6.07) is -2.63. The Morgan fingerprint density at radius 1 is 0.659 bits per heavy atom. The third-order valence-electron chi connectivity index (χ3n) is 16.1. The molecule has 0 aliphatic carbocycles. The van der Waals surface area contributed by atoms with Gasteiger partial charge in [0.25, 0.3) is 5.79 Å². The van der Waals surface area contributed by atoms with Crippen molar-refractivity contribution in [3.05, 3.63) is 12.2 Å². The standard InChI is InChI=1S/C59H108N2O21/c1-5-7-9-11-13-15-17-19-21-23-25-27-29-31-38(3)55(74)61-40(41(66)32-30-28-26-24-22-20-18-16-14-12-10-8-6-2)37-77-56-50(72)49(71)52(45(36-64)79-56)80-57-51(73)54(48(70)44(35-63)78-57)82-59(58(75)76)33-42(67)46(60-39(4)65)53(81-59)47(69)43(68)34-62/h30,32,38,40-54,56-57,62-64,66-73H,5-29,31,33-37H2,1-4H3,(H,60,65)(H,61,74)(H,75,76)/b32-30+/t38?,40?,41?,42-,43+,44+,45+,46+,47+,48-,49+,50+,51+,52+,53?,54-,56+,57-,59-/m0/s1. The Morgan fingerprint density at radius 3 is 1.67 bits per heavy atom. The van der Waals surface area contributed by atoms with Crippen molar-refractivity contribution in [1.29, 1.82) is 0 Å². The summed E-state index contributed by atoms with van der Waals surface area (Å²) in [5.41, 5.74) is 0. The summed E-state index contributed by atoms with van der Waals surface area (Å²) >= 11 is 0. The van der Waals surface area contributed by atoms with Crippen LogP contribution in [0.3, 0.4) is 0 Å². The molecule has 82 heavy (non-hydrogen) atoms. The van der Waals surface area contributed by atoms with Crippen LogP contribution in [-0.2, 0) is 42.8 Å². The van der Waals surface area contributed by atoms with Gasteiger partial charge in [0.2, 0.25) is 11.8 Å². The van der Waals surface area contributed by atoms with Crippen molar-refractivity contribution in [2.45, 2.75) is 311 Å². The van der Waals surface area contributed by atoms with Crippen molar-refractivity contribution >= 4 is 17.8 Å². The van der Waals surface area contributed by atoms with E-state index in [9.17, 15) is 75.7 Å². The van der Waals surface area contributed by atoms with Gasteiger partial charge in [0, 0.05) is 19.3 Å². The molecule has 2 amide bonds. The molecular weight excluding hydrogens is 1070 g/mol. The molecule has 0 aromatic heterocycles. The van der Waals surface area contributed by atoms with Gasteiger partial charge in [0.05, 0.1) is 50.7 Å². The number of ether oxygens (including phenoxy) is 6. The van der Waals surface area contributed by atoms with E-state index >= 15 is 0 Å². The molecule has 14 N–H and O–H groups in total. The molecule has 3 aliphatic heterocycles. The minimum Gasteiger partial charge on any atom is -0.477 e. The molecule has 3 rings (SSSR count). The first-order chi connectivity index (χ1) is 39.3. The summed E-state index contributed by atoms with van der Waals surface area (Å²) in [6.07, 6.45) is 3.88. The number of nitrogens with one attached hydrogen (secondary N) is 2. The lowest BCUT2D eigenvalue weighted by atomic mass is 9.88. The highest BCUT2D eigenvalue weighted by Crippen LogP contribution is 2.38. The van der Waals surface area contributed by atoms with Gasteiger partial charge in [-0.05, 0) is 19.3 Å². The lowest BCUT2D eigenvalue weighted by Gasteiger charge is -2.50. The van der Waals surface area contributed by atoms with E-state index in [-0.39, 0.29) is 5.91 Å². The third-order valence-corrected chi connectivity index (χ3v) is 16.1. The van der Waals surface area contributed by atoms with Crippen molar-refractivity contribution in [1.82, 2.24) is 10.6 Å². The molecule has 19 atom stereocenters. The molecule has 3 saturated heterocycles. The predicted molar refractivity (Wildman–Crippen MR) is 301 cm³/mol. The second kappa shape index (κ2) is 40.8. The van der Waals surface area contributed by atoms with Crippen LogP contribution >= 0.6 is 0 Å².